The maximum atomic E-state index is 12.1. The van der Waals surface area contributed by atoms with E-state index in [1.165, 1.54) is 11.3 Å². The fraction of sp³-hybridized carbons (Fsp3) is 0.385. The van der Waals surface area contributed by atoms with Crippen LogP contribution in [0.15, 0.2) is 12.1 Å². The summed E-state index contributed by atoms with van der Waals surface area (Å²) in [6, 6.07) is 5.40. The number of hydrogen-bond donors (Lipinski definition) is 1. The van der Waals surface area contributed by atoms with Gasteiger partial charge in [-0.05, 0) is 19.1 Å². The van der Waals surface area contributed by atoms with Crippen LogP contribution in [0, 0.1) is 23.2 Å². The molecule has 0 fully saturated rings. The van der Waals surface area contributed by atoms with Crippen LogP contribution >= 0.6 is 11.3 Å². The molecule has 0 aliphatic rings. The minimum absolute atomic E-state index is 0.111. The number of carbonyl (C=O) groups is 1. The molecule has 1 rings (SSSR count). The molecule has 0 radical (unpaired) electrons. The zero-order chi connectivity index (χ0) is 13.5. The Labute approximate surface area is 110 Å². The first-order valence-electron chi connectivity index (χ1n) is 5.43. The van der Waals surface area contributed by atoms with Crippen molar-refractivity contribution in [3.63, 3.8) is 0 Å². The van der Waals surface area contributed by atoms with Gasteiger partial charge in [-0.2, -0.15) is 5.26 Å². The summed E-state index contributed by atoms with van der Waals surface area (Å²) in [7, 11) is 1.68. The van der Waals surface area contributed by atoms with Gasteiger partial charge in [-0.15, -0.1) is 11.3 Å². The Morgan fingerprint density at radius 3 is 2.94 bits per heavy atom. The van der Waals surface area contributed by atoms with Gasteiger partial charge in [0.1, 0.15) is 6.61 Å². The first kappa shape index (κ1) is 14.2. The van der Waals surface area contributed by atoms with Crippen molar-refractivity contribution < 1.29 is 9.90 Å². The molecule has 1 amide bonds. The molecule has 0 saturated carbocycles. The summed E-state index contributed by atoms with van der Waals surface area (Å²) in [4.78, 5) is 15.0. The van der Waals surface area contributed by atoms with Gasteiger partial charge < -0.3 is 10.0 Å². The molecule has 94 valence electrons. The van der Waals surface area contributed by atoms with Crippen molar-refractivity contribution >= 4 is 17.2 Å². The second-order valence-corrected chi connectivity index (χ2v) is 4.83. The molecular formula is C13H14N2O2S. The quantitative estimate of drug-likeness (QED) is 0.839. The molecule has 0 aliphatic carbocycles. The number of aliphatic hydroxyl groups is 1. The Balaban J connectivity index is 2.78. The highest BCUT2D eigenvalue weighted by atomic mass is 32.1. The number of nitriles is 1. The smallest absolute Gasteiger partial charge is 0.263 e. The molecule has 0 saturated heterocycles. The summed E-state index contributed by atoms with van der Waals surface area (Å²) < 4.78 is 0. The van der Waals surface area contributed by atoms with E-state index in [0.717, 1.165) is 4.88 Å². The monoisotopic (exact) mass is 262 g/mol. The first-order chi connectivity index (χ1) is 8.60. The lowest BCUT2D eigenvalue weighted by Crippen LogP contribution is -2.34. The predicted octanol–water partition coefficient (Wildman–Crippen LogP) is 1.47. The molecule has 1 aromatic rings. The van der Waals surface area contributed by atoms with Crippen molar-refractivity contribution in [2.24, 2.45) is 0 Å². The summed E-state index contributed by atoms with van der Waals surface area (Å²) >= 11 is 1.29. The summed E-state index contributed by atoms with van der Waals surface area (Å²) in [5.74, 6) is 5.18. The minimum atomic E-state index is -0.194. The van der Waals surface area contributed by atoms with E-state index in [1.807, 2.05) is 13.0 Å². The summed E-state index contributed by atoms with van der Waals surface area (Å²) in [6.45, 7) is 1.64. The fourth-order valence-electron chi connectivity index (χ4n) is 1.29. The third-order valence-electron chi connectivity index (χ3n) is 2.48. The van der Waals surface area contributed by atoms with Gasteiger partial charge in [0.05, 0.1) is 22.2 Å². The van der Waals surface area contributed by atoms with Crippen molar-refractivity contribution in [3.8, 4) is 17.9 Å². The van der Waals surface area contributed by atoms with Crippen molar-refractivity contribution in [3.05, 3.63) is 21.9 Å². The van der Waals surface area contributed by atoms with Gasteiger partial charge in [0.25, 0.3) is 5.91 Å². The van der Waals surface area contributed by atoms with E-state index in [1.54, 1.807) is 24.1 Å². The largest absolute Gasteiger partial charge is 0.384 e. The van der Waals surface area contributed by atoms with Crippen LogP contribution in [0.25, 0.3) is 0 Å². The SMILES string of the molecule is CC(CC#N)N(C)C(=O)c1ccc(C#CCO)s1. The Morgan fingerprint density at radius 2 is 2.33 bits per heavy atom. The van der Waals surface area contributed by atoms with Crippen molar-refractivity contribution in [2.45, 2.75) is 19.4 Å². The Morgan fingerprint density at radius 1 is 1.61 bits per heavy atom. The summed E-state index contributed by atoms with van der Waals surface area (Å²) in [5, 5.41) is 17.2. The molecule has 1 N–H and O–H groups in total. The topological polar surface area (TPSA) is 64.3 Å². The number of thiophene rings is 1. The molecule has 0 aromatic carbocycles. The van der Waals surface area contributed by atoms with Crippen LogP contribution in [0.5, 0.6) is 0 Å². The van der Waals surface area contributed by atoms with Crippen LogP contribution in [0.2, 0.25) is 0 Å². The molecule has 18 heavy (non-hydrogen) atoms. The first-order valence-corrected chi connectivity index (χ1v) is 6.25. The number of aliphatic hydroxyl groups excluding tert-OH is 1. The fourth-order valence-corrected chi connectivity index (χ4v) is 2.15. The molecule has 1 atom stereocenters. The van der Waals surface area contributed by atoms with Crippen LogP contribution in [-0.2, 0) is 0 Å². The van der Waals surface area contributed by atoms with Gasteiger partial charge in [0, 0.05) is 13.1 Å². The van der Waals surface area contributed by atoms with Gasteiger partial charge in [0.15, 0.2) is 0 Å². The second kappa shape index (κ2) is 6.80. The van der Waals surface area contributed by atoms with E-state index in [2.05, 4.69) is 11.8 Å². The second-order valence-electron chi connectivity index (χ2n) is 3.75. The lowest BCUT2D eigenvalue weighted by molar-refractivity contribution is 0.0751. The molecule has 0 aliphatic heterocycles. The average Bonchev–Trinajstić information content (AvgIpc) is 2.83. The summed E-state index contributed by atoms with van der Waals surface area (Å²) in [6.07, 6.45) is 0.310. The number of carbonyl (C=O) groups excluding carboxylic acids is 1. The highest BCUT2D eigenvalue weighted by Crippen LogP contribution is 2.18. The summed E-state index contributed by atoms with van der Waals surface area (Å²) in [5.41, 5.74) is 0. The van der Waals surface area contributed by atoms with Crippen LogP contribution in [0.3, 0.4) is 0 Å². The third-order valence-corrected chi connectivity index (χ3v) is 3.46. The van der Waals surface area contributed by atoms with Crippen LogP contribution in [0.4, 0.5) is 0 Å². The van der Waals surface area contributed by atoms with E-state index in [-0.39, 0.29) is 18.6 Å². The average molecular weight is 262 g/mol. The highest BCUT2D eigenvalue weighted by Gasteiger charge is 2.18. The standard InChI is InChI=1S/C13H14N2O2S/c1-10(7-8-14)15(2)13(17)12-6-5-11(18-12)4-3-9-16/h5-6,10,16H,7,9H2,1-2H3. The molecule has 0 bridgehead atoms. The molecular weight excluding hydrogens is 248 g/mol. The molecule has 1 unspecified atom stereocenters. The lowest BCUT2D eigenvalue weighted by Gasteiger charge is -2.22. The minimum Gasteiger partial charge on any atom is -0.384 e. The number of amides is 1. The van der Waals surface area contributed by atoms with Gasteiger partial charge in [-0.25, -0.2) is 0 Å². The third kappa shape index (κ3) is 3.59. The molecule has 0 spiro atoms. The van der Waals surface area contributed by atoms with Gasteiger partial charge >= 0.3 is 0 Å². The lowest BCUT2D eigenvalue weighted by atomic mass is 10.2. The van der Waals surface area contributed by atoms with Crippen LogP contribution in [-0.4, -0.2) is 35.6 Å². The van der Waals surface area contributed by atoms with Crippen LogP contribution < -0.4 is 0 Å². The molecule has 1 aromatic heterocycles. The van der Waals surface area contributed by atoms with E-state index in [4.69, 9.17) is 10.4 Å². The molecule has 5 heteroatoms. The number of rotatable bonds is 3. The zero-order valence-corrected chi connectivity index (χ0v) is 11.1. The Bertz CT molecular complexity index is 519. The van der Waals surface area contributed by atoms with Gasteiger partial charge in [-0.3, -0.25) is 4.79 Å². The van der Waals surface area contributed by atoms with Crippen molar-refractivity contribution in [1.82, 2.24) is 4.90 Å². The maximum absolute atomic E-state index is 12.1. The normalized spacial score (nSPS) is 11.0. The van der Waals surface area contributed by atoms with Crippen molar-refractivity contribution in [1.29, 1.82) is 5.26 Å². The zero-order valence-electron chi connectivity index (χ0n) is 10.3. The number of nitrogens with zero attached hydrogens (tertiary/aromatic N) is 2. The van der Waals surface area contributed by atoms with Gasteiger partial charge in [-0.1, -0.05) is 11.8 Å². The van der Waals surface area contributed by atoms with E-state index in [9.17, 15) is 4.79 Å². The van der Waals surface area contributed by atoms with E-state index in [0.29, 0.717) is 11.3 Å². The maximum Gasteiger partial charge on any atom is 0.263 e. The van der Waals surface area contributed by atoms with E-state index < -0.39 is 0 Å². The van der Waals surface area contributed by atoms with Crippen LogP contribution in [0.1, 0.15) is 27.9 Å². The van der Waals surface area contributed by atoms with E-state index >= 15 is 0 Å². The Kier molecular flexibility index (Phi) is 5.38. The number of hydrogen-bond acceptors (Lipinski definition) is 4. The molecule has 4 nitrogen and oxygen atoms in total. The van der Waals surface area contributed by atoms with Crippen molar-refractivity contribution in [2.75, 3.05) is 13.7 Å². The highest BCUT2D eigenvalue weighted by molar-refractivity contribution is 7.14. The Hall–Kier alpha value is -1.82. The predicted molar refractivity (Wildman–Crippen MR) is 70.1 cm³/mol. The van der Waals surface area contributed by atoms with Gasteiger partial charge in [0.2, 0.25) is 0 Å². The molecule has 1 heterocycles.